The van der Waals surface area contributed by atoms with E-state index in [-0.39, 0.29) is 12.2 Å². The van der Waals surface area contributed by atoms with Gasteiger partial charge in [-0.25, -0.2) is 8.42 Å². The average Bonchev–Trinajstić information content (AvgIpc) is 2.25. The molecule has 1 atom stereocenters. The molecule has 0 aromatic heterocycles. The molecule has 0 saturated heterocycles. The summed E-state index contributed by atoms with van der Waals surface area (Å²) in [6.45, 7) is 0. The van der Waals surface area contributed by atoms with Gasteiger partial charge in [0.15, 0.2) is 0 Å². The van der Waals surface area contributed by atoms with Crippen LogP contribution >= 0.6 is 11.6 Å². The molecule has 0 fully saturated rings. The maximum atomic E-state index is 11.0. The lowest BCUT2D eigenvalue weighted by Gasteiger charge is -2.14. The van der Waals surface area contributed by atoms with Gasteiger partial charge in [-0.2, -0.15) is 0 Å². The zero-order chi connectivity index (χ0) is 13.1. The molecule has 0 heterocycles. The fraction of sp³-hybridized carbons (Fsp3) is 0.455. The molecule has 1 aromatic carbocycles. The smallest absolute Gasteiger partial charge is 0.147 e. The fourth-order valence-corrected chi connectivity index (χ4v) is 2.28. The van der Waals surface area contributed by atoms with Crippen LogP contribution in [-0.2, 0) is 9.84 Å². The van der Waals surface area contributed by atoms with Crippen molar-refractivity contribution >= 4 is 21.4 Å². The Kier molecular flexibility index (Phi) is 4.80. The van der Waals surface area contributed by atoms with E-state index < -0.39 is 15.9 Å². The molecule has 0 aliphatic heterocycles. The Morgan fingerprint density at radius 2 is 2.12 bits per heavy atom. The minimum atomic E-state index is -3.09. The number of hydrogen-bond donors (Lipinski definition) is 1. The Morgan fingerprint density at radius 3 is 2.65 bits per heavy atom. The Hall–Kier alpha value is -0.780. The minimum absolute atomic E-state index is 0.0795. The van der Waals surface area contributed by atoms with E-state index in [4.69, 9.17) is 16.3 Å². The maximum absolute atomic E-state index is 11.0. The maximum Gasteiger partial charge on any atom is 0.147 e. The van der Waals surface area contributed by atoms with Crippen LogP contribution in [0.15, 0.2) is 18.2 Å². The quantitative estimate of drug-likeness (QED) is 0.892. The monoisotopic (exact) mass is 278 g/mol. The molecule has 1 rings (SSSR count). The van der Waals surface area contributed by atoms with E-state index in [2.05, 4.69) is 0 Å². The lowest BCUT2D eigenvalue weighted by Crippen LogP contribution is -2.09. The molecule has 1 N–H and O–H groups in total. The lowest BCUT2D eigenvalue weighted by atomic mass is 10.1. The SMILES string of the molecule is COc1ccc(Cl)cc1C(O)CCS(C)(=O)=O. The number of halogens is 1. The van der Waals surface area contributed by atoms with Crippen LogP contribution in [0.5, 0.6) is 5.75 Å². The molecular formula is C11H15ClO4S. The van der Waals surface area contributed by atoms with Gasteiger partial charge in [-0.1, -0.05) is 11.6 Å². The zero-order valence-corrected chi connectivity index (χ0v) is 11.3. The van der Waals surface area contributed by atoms with Crippen LogP contribution in [0.4, 0.5) is 0 Å². The molecule has 1 unspecified atom stereocenters. The first-order valence-corrected chi connectivity index (χ1v) is 7.46. The van der Waals surface area contributed by atoms with Crippen LogP contribution in [-0.4, -0.2) is 32.6 Å². The van der Waals surface area contributed by atoms with E-state index in [1.54, 1.807) is 18.2 Å². The summed E-state index contributed by atoms with van der Waals surface area (Å²) < 4.78 is 27.1. The van der Waals surface area contributed by atoms with E-state index in [0.29, 0.717) is 16.3 Å². The highest BCUT2D eigenvalue weighted by molar-refractivity contribution is 7.90. The number of aliphatic hydroxyl groups is 1. The molecule has 0 aliphatic carbocycles. The van der Waals surface area contributed by atoms with Crippen molar-refractivity contribution in [2.24, 2.45) is 0 Å². The van der Waals surface area contributed by atoms with Crippen molar-refractivity contribution in [1.82, 2.24) is 0 Å². The first-order chi connectivity index (χ1) is 7.83. The van der Waals surface area contributed by atoms with Crippen molar-refractivity contribution < 1.29 is 18.3 Å². The minimum Gasteiger partial charge on any atom is -0.496 e. The van der Waals surface area contributed by atoms with Crippen molar-refractivity contribution in [2.45, 2.75) is 12.5 Å². The zero-order valence-electron chi connectivity index (χ0n) is 9.68. The second kappa shape index (κ2) is 5.71. The third-order valence-electron chi connectivity index (χ3n) is 2.31. The number of ether oxygens (including phenoxy) is 1. The summed E-state index contributed by atoms with van der Waals surface area (Å²) in [5.41, 5.74) is 0.503. The van der Waals surface area contributed by atoms with Crippen LogP contribution in [0, 0.1) is 0 Å². The van der Waals surface area contributed by atoms with Crippen LogP contribution < -0.4 is 4.74 Å². The summed E-state index contributed by atoms with van der Waals surface area (Å²) in [7, 11) is -1.61. The van der Waals surface area contributed by atoms with E-state index in [1.807, 2.05) is 0 Å². The molecule has 0 radical (unpaired) electrons. The highest BCUT2D eigenvalue weighted by atomic mass is 35.5. The van der Waals surface area contributed by atoms with E-state index >= 15 is 0 Å². The first kappa shape index (κ1) is 14.3. The van der Waals surface area contributed by atoms with Gasteiger partial charge in [0, 0.05) is 16.8 Å². The van der Waals surface area contributed by atoms with Gasteiger partial charge in [-0.3, -0.25) is 0 Å². The Labute approximate surface area is 106 Å². The predicted octanol–water partition coefficient (Wildman–Crippen LogP) is 1.82. The fourth-order valence-electron chi connectivity index (χ4n) is 1.45. The average molecular weight is 279 g/mol. The van der Waals surface area contributed by atoms with Crippen molar-refractivity contribution in [3.8, 4) is 5.75 Å². The second-order valence-electron chi connectivity index (χ2n) is 3.82. The first-order valence-electron chi connectivity index (χ1n) is 5.02. The molecule has 96 valence electrons. The van der Waals surface area contributed by atoms with Crippen molar-refractivity contribution in [3.05, 3.63) is 28.8 Å². The highest BCUT2D eigenvalue weighted by Crippen LogP contribution is 2.30. The topological polar surface area (TPSA) is 63.6 Å². The molecule has 0 aliphatic rings. The standard InChI is InChI=1S/C11H15ClO4S/c1-16-11-4-3-8(12)7-9(11)10(13)5-6-17(2,14)15/h3-4,7,10,13H,5-6H2,1-2H3. The molecular weight excluding hydrogens is 264 g/mol. The van der Waals surface area contributed by atoms with Gasteiger partial charge in [0.05, 0.1) is 19.0 Å². The van der Waals surface area contributed by atoms with Gasteiger partial charge in [0.2, 0.25) is 0 Å². The van der Waals surface area contributed by atoms with Gasteiger partial charge in [-0.05, 0) is 24.6 Å². The molecule has 6 heteroatoms. The van der Waals surface area contributed by atoms with Crippen LogP contribution in [0.25, 0.3) is 0 Å². The van der Waals surface area contributed by atoms with Crippen LogP contribution in [0.1, 0.15) is 18.1 Å². The largest absolute Gasteiger partial charge is 0.496 e. The van der Waals surface area contributed by atoms with E-state index in [9.17, 15) is 13.5 Å². The third kappa shape index (κ3) is 4.53. The van der Waals surface area contributed by atoms with Gasteiger partial charge in [0.1, 0.15) is 15.6 Å². The van der Waals surface area contributed by atoms with Gasteiger partial charge in [-0.15, -0.1) is 0 Å². The molecule has 0 spiro atoms. The van der Waals surface area contributed by atoms with Gasteiger partial charge < -0.3 is 9.84 Å². The number of benzene rings is 1. The molecule has 1 aromatic rings. The summed E-state index contributed by atoms with van der Waals surface area (Å²) >= 11 is 5.82. The highest BCUT2D eigenvalue weighted by Gasteiger charge is 2.16. The molecule has 17 heavy (non-hydrogen) atoms. The van der Waals surface area contributed by atoms with Gasteiger partial charge >= 0.3 is 0 Å². The normalized spacial score (nSPS) is 13.4. The van der Waals surface area contributed by atoms with Crippen molar-refractivity contribution in [3.63, 3.8) is 0 Å². The molecule has 0 saturated carbocycles. The van der Waals surface area contributed by atoms with Crippen LogP contribution in [0.3, 0.4) is 0 Å². The Bertz CT molecular complexity index is 484. The van der Waals surface area contributed by atoms with Crippen molar-refractivity contribution in [2.75, 3.05) is 19.1 Å². The predicted molar refractivity (Wildman–Crippen MR) is 67.3 cm³/mol. The summed E-state index contributed by atoms with van der Waals surface area (Å²) in [6, 6.07) is 4.86. The number of aliphatic hydroxyl groups excluding tert-OH is 1. The number of methoxy groups -OCH3 is 1. The molecule has 0 amide bonds. The van der Waals surface area contributed by atoms with E-state index in [0.717, 1.165) is 6.26 Å². The number of sulfone groups is 1. The summed E-state index contributed by atoms with van der Waals surface area (Å²) in [6.07, 6.45) is 0.350. The number of rotatable bonds is 5. The Morgan fingerprint density at radius 1 is 1.47 bits per heavy atom. The Balaban J connectivity index is 2.87. The molecule has 0 bridgehead atoms. The lowest BCUT2D eigenvalue weighted by molar-refractivity contribution is 0.170. The second-order valence-corrected chi connectivity index (χ2v) is 6.52. The van der Waals surface area contributed by atoms with Gasteiger partial charge in [0.25, 0.3) is 0 Å². The summed E-state index contributed by atoms with van der Waals surface area (Å²) in [4.78, 5) is 0. The number of hydrogen-bond acceptors (Lipinski definition) is 4. The molecule has 4 nitrogen and oxygen atoms in total. The van der Waals surface area contributed by atoms with Crippen LogP contribution in [0.2, 0.25) is 5.02 Å². The third-order valence-corrected chi connectivity index (χ3v) is 3.53. The summed E-state index contributed by atoms with van der Waals surface area (Å²) in [5.74, 6) is 0.416. The van der Waals surface area contributed by atoms with E-state index in [1.165, 1.54) is 7.11 Å². The summed E-state index contributed by atoms with van der Waals surface area (Å²) in [5, 5.41) is 10.4. The van der Waals surface area contributed by atoms with Crippen molar-refractivity contribution in [1.29, 1.82) is 0 Å².